The minimum Gasteiger partial charge on any atom is -0.454 e. The lowest BCUT2D eigenvalue weighted by Crippen LogP contribution is -2.45. The first-order chi connectivity index (χ1) is 14.3. The Hall–Kier alpha value is -3.49. The topological polar surface area (TPSA) is 122 Å². The van der Waals surface area contributed by atoms with Gasteiger partial charge in [-0.1, -0.05) is 12.2 Å². The van der Waals surface area contributed by atoms with Crippen LogP contribution in [0.1, 0.15) is 30.1 Å². The smallest absolute Gasteiger partial charge is 0.329 e. The zero-order chi connectivity index (χ0) is 21.8. The van der Waals surface area contributed by atoms with Crippen LogP contribution in [0.4, 0.5) is 5.69 Å². The molecule has 1 aromatic carbocycles. The Morgan fingerprint density at radius 2 is 1.63 bits per heavy atom. The van der Waals surface area contributed by atoms with Gasteiger partial charge in [0, 0.05) is 18.3 Å². The second kappa shape index (κ2) is 8.89. The summed E-state index contributed by atoms with van der Waals surface area (Å²) in [5, 5.41) is 5.04. The molecule has 1 saturated heterocycles. The first kappa shape index (κ1) is 21.2. The van der Waals surface area contributed by atoms with Crippen molar-refractivity contribution in [1.29, 1.82) is 0 Å². The molecule has 3 atom stereocenters. The molecule has 1 aliphatic heterocycles. The SMILES string of the molecule is CNC(=O)c1ccc(NC(=O)COC(=O)[C@H](C)N2C(=O)[C@H]3CC=CC[C@H]3C2=O)cc1. The Morgan fingerprint density at radius 3 is 2.17 bits per heavy atom. The molecule has 0 aromatic heterocycles. The predicted molar refractivity (Wildman–Crippen MR) is 106 cm³/mol. The average Bonchev–Trinajstić information content (AvgIpc) is 3.02. The zero-order valence-electron chi connectivity index (χ0n) is 16.7. The first-order valence-electron chi connectivity index (χ1n) is 9.64. The second-order valence-corrected chi connectivity index (χ2v) is 7.19. The van der Waals surface area contributed by atoms with Gasteiger partial charge in [0.05, 0.1) is 11.8 Å². The van der Waals surface area contributed by atoms with Gasteiger partial charge in [-0.15, -0.1) is 0 Å². The second-order valence-electron chi connectivity index (χ2n) is 7.19. The molecule has 9 nitrogen and oxygen atoms in total. The fourth-order valence-electron chi connectivity index (χ4n) is 3.62. The Bertz CT molecular complexity index is 882. The van der Waals surface area contributed by atoms with E-state index in [4.69, 9.17) is 4.74 Å². The number of anilines is 1. The average molecular weight is 413 g/mol. The van der Waals surface area contributed by atoms with E-state index in [0.717, 1.165) is 4.90 Å². The maximum Gasteiger partial charge on any atom is 0.329 e. The highest BCUT2D eigenvalue weighted by Gasteiger charge is 2.50. The lowest BCUT2D eigenvalue weighted by molar-refractivity contribution is -0.159. The van der Waals surface area contributed by atoms with E-state index in [1.165, 1.54) is 14.0 Å². The number of allylic oxidation sites excluding steroid dienone is 2. The number of imide groups is 1. The number of likely N-dealkylation sites (tertiary alicyclic amines) is 1. The van der Waals surface area contributed by atoms with Crippen molar-refractivity contribution in [2.24, 2.45) is 11.8 Å². The summed E-state index contributed by atoms with van der Waals surface area (Å²) in [7, 11) is 1.52. The third-order valence-corrected chi connectivity index (χ3v) is 5.27. The lowest BCUT2D eigenvalue weighted by Gasteiger charge is -2.21. The summed E-state index contributed by atoms with van der Waals surface area (Å²) in [5.41, 5.74) is 0.865. The Kier molecular flexibility index (Phi) is 6.29. The number of carbonyl (C=O) groups is 5. The third-order valence-electron chi connectivity index (χ3n) is 5.27. The number of hydrogen-bond donors (Lipinski definition) is 2. The van der Waals surface area contributed by atoms with E-state index in [1.54, 1.807) is 24.3 Å². The van der Waals surface area contributed by atoms with Gasteiger partial charge in [0.1, 0.15) is 6.04 Å². The van der Waals surface area contributed by atoms with Crippen molar-refractivity contribution in [3.63, 3.8) is 0 Å². The van der Waals surface area contributed by atoms with Crippen LogP contribution in [-0.4, -0.2) is 54.2 Å². The van der Waals surface area contributed by atoms with E-state index in [2.05, 4.69) is 10.6 Å². The van der Waals surface area contributed by atoms with Crippen molar-refractivity contribution < 1.29 is 28.7 Å². The monoisotopic (exact) mass is 413 g/mol. The highest BCUT2D eigenvalue weighted by atomic mass is 16.5. The molecular weight excluding hydrogens is 390 g/mol. The largest absolute Gasteiger partial charge is 0.454 e. The van der Waals surface area contributed by atoms with Crippen molar-refractivity contribution in [2.45, 2.75) is 25.8 Å². The summed E-state index contributed by atoms with van der Waals surface area (Å²) < 4.78 is 5.00. The van der Waals surface area contributed by atoms with E-state index in [-0.39, 0.29) is 17.7 Å². The minimum atomic E-state index is -1.10. The molecule has 2 aliphatic rings. The summed E-state index contributed by atoms with van der Waals surface area (Å²) in [6, 6.07) is 5.08. The van der Waals surface area contributed by atoms with Gasteiger partial charge in [-0.05, 0) is 44.0 Å². The van der Waals surface area contributed by atoms with E-state index < -0.39 is 36.4 Å². The summed E-state index contributed by atoms with van der Waals surface area (Å²) in [5.74, 6) is -3.28. The number of nitrogens with one attached hydrogen (secondary N) is 2. The number of esters is 1. The fraction of sp³-hybridized carbons (Fsp3) is 0.381. The van der Waals surface area contributed by atoms with Crippen LogP contribution in [0.5, 0.6) is 0 Å². The number of amides is 4. The fourth-order valence-corrected chi connectivity index (χ4v) is 3.62. The van der Waals surface area contributed by atoms with Crippen LogP contribution < -0.4 is 10.6 Å². The van der Waals surface area contributed by atoms with Crippen LogP contribution in [0.2, 0.25) is 0 Å². The van der Waals surface area contributed by atoms with Crippen LogP contribution in [0.15, 0.2) is 36.4 Å². The summed E-state index contributed by atoms with van der Waals surface area (Å²) in [6.07, 6.45) is 4.69. The van der Waals surface area contributed by atoms with Gasteiger partial charge in [0.2, 0.25) is 11.8 Å². The van der Waals surface area contributed by atoms with E-state index >= 15 is 0 Å². The molecule has 158 valence electrons. The summed E-state index contributed by atoms with van der Waals surface area (Å²) in [4.78, 5) is 61.9. The van der Waals surface area contributed by atoms with E-state index in [0.29, 0.717) is 24.1 Å². The number of fused-ring (bicyclic) bond motifs is 1. The molecule has 0 radical (unpaired) electrons. The van der Waals surface area contributed by atoms with Crippen LogP contribution in [0.3, 0.4) is 0 Å². The molecule has 30 heavy (non-hydrogen) atoms. The molecule has 1 heterocycles. The minimum absolute atomic E-state index is 0.252. The van der Waals surface area contributed by atoms with E-state index in [1.807, 2.05) is 12.2 Å². The Morgan fingerprint density at radius 1 is 1.07 bits per heavy atom. The number of carbonyl (C=O) groups excluding carboxylic acids is 5. The molecular formula is C21H23N3O6. The van der Waals surface area contributed by atoms with Crippen molar-refractivity contribution >= 4 is 35.3 Å². The number of hydrogen-bond acceptors (Lipinski definition) is 6. The maximum absolute atomic E-state index is 12.5. The number of ether oxygens (including phenoxy) is 1. The van der Waals surface area contributed by atoms with Crippen LogP contribution in [0, 0.1) is 11.8 Å². The molecule has 2 N–H and O–H groups in total. The van der Waals surface area contributed by atoms with Crippen molar-refractivity contribution in [3.8, 4) is 0 Å². The van der Waals surface area contributed by atoms with Gasteiger partial charge < -0.3 is 15.4 Å². The van der Waals surface area contributed by atoms with E-state index in [9.17, 15) is 24.0 Å². The van der Waals surface area contributed by atoms with Gasteiger partial charge in [-0.3, -0.25) is 24.1 Å². The van der Waals surface area contributed by atoms with Crippen LogP contribution in [-0.2, 0) is 23.9 Å². The maximum atomic E-state index is 12.5. The number of benzene rings is 1. The van der Waals surface area contributed by atoms with Gasteiger partial charge in [-0.2, -0.15) is 0 Å². The quantitative estimate of drug-likeness (QED) is 0.405. The highest BCUT2D eigenvalue weighted by molar-refractivity contribution is 6.08. The van der Waals surface area contributed by atoms with Crippen molar-refractivity contribution in [2.75, 3.05) is 19.0 Å². The molecule has 3 rings (SSSR count). The van der Waals surface area contributed by atoms with Crippen molar-refractivity contribution in [1.82, 2.24) is 10.2 Å². The van der Waals surface area contributed by atoms with Gasteiger partial charge >= 0.3 is 5.97 Å². The number of rotatable bonds is 6. The van der Waals surface area contributed by atoms with Gasteiger partial charge in [0.25, 0.3) is 11.8 Å². The molecule has 9 heteroatoms. The predicted octanol–water partition coefficient (Wildman–Crippen LogP) is 0.868. The molecule has 1 fully saturated rings. The molecule has 0 spiro atoms. The molecule has 1 aliphatic carbocycles. The molecule has 0 unspecified atom stereocenters. The van der Waals surface area contributed by atoms with Crippen molar-refractivity contribution in [3.05, 3.63) is 42.0 Å². The van der Waals surface area contributed by atoms with Gasteiger partial charge in [0.15, 0.2) is 6.61 Å². The van der Waals surface area contributed by atoms with Gasteiger partial charge in [-0.25, -0.2) is 4.79 Å². The molecule has 0 saturated carbocycles. The van der Waals surface area contributed by atoms with Crippen LogP contribution in [0.25, 0.3) is 0 Å². The summed E-state index contributed by atoms with van der Waals surface area (Å²) >= 11 is 0. The standard InChI is InChI=1S/C21H23N3O6/c1-12(24-19(27)15-5-3-4-6-16(15)20(24)28)21(29)30-11-17(25)23-14-9-7-13(8-10-14)18(26)22-2/h3-4,7-10,12,15-16H,5-6,11H2,1-2H3,(H,22,26)(H,23,25)/t12-,15-,16+/m0/s1. The Labute approximate surface area is 173 Å². The number of nitrogens with zero attached hydrogens (tertiary/aromatic N) is 1. The lowest BCUT2D eigenvalue weighted by atomic mass is 9.85. The Balaban J connectivity index is 1.52. The zero-order valence-corrected chi connectivity index (χ0v) is 16.7. The summed E-state index contributed by atoms with van der Waals surface area (Å²) in [6.45, 7) is 0.850. The molecule has 4 amide bonds. The normalized spacial score (nSPS) is 21.1. The third kappa shape index (κ3) is 4.24. The highest BCUT2D eigenvalue weighted by Crippen LogP contribution is 2.36. The molecule has 1 aromatic rings. The first-order valence-corrected chi connectivity index (χ1v) is 9.64. The van der Waals surface area contributed by atoms with Crippen LogP contribution >= 0.6 is 0 Å². The molecule has 0 bridgehead atoms.